The molecule has 0 bridgehead atoms. The highest BCUT2D eigenvalue weighted by Gasteiger charge is 2.43. The number of fused-ring (bicyclic) bond motifs is 1. The van der Waals surface area contributed by atoms with Crippen LogP contribution in [0.1, 0.15) is 17.6 Å². The van der Waals surface area contributed by atoms with Crippen LogP contribution < -0.4 is 0 Å². The Hall–Kier alpha value is -1.58. The smallest absolute Gasteiger partial charge is 0.186 e. The number of hydrogen-bond donors (Lipinski definition) is 3. The van der Waals surface area contributed by atoms with E-state index in [9.17, 15) is 15.3 Å². The van der Waals surface area contributed by atoms with Crippen molar-refractivity contribution in [3.63, 3.8) is 0 Å². The fraction of sp³-hybridized carbons (Fsp3) is 0.462. The molecule has 0 spiro atoms. The van der Waals surface area contributed by atoms with Gasteiger partial charge in [0.1, 0.15) is 28.8 Å². The molecule has 3 heterocycles. The number of halogens is 1. The van der Waals surface area contributed by atoms with E-state index in [1.807, 2.05) is 0 Å². The van der Waals surface area contributed by atoms with Gasteiger partial charge in [0.05, 0.1) is 5.39 Å². The average Bonchev–Trinajstić information content (AvgIpc) is 2.92. The lowest BCUT2D eigenvalue weighted by molar-refractivity contribution is -0.140. The maximum atomic E-state index is 10.1. The van der Waals surface area contributed by atoms with E-state index >= 15 is 0 Å². The van der Waals surface area contributed by atoms with Gasteiger partial charge in [-0.25, -0.2) is 9.97 Å². The predicted octanol–water partition coefficient (Wildman–Crippen LogP) is 0.0108. The third kappa shape index (κ3) is 2.29. The van der Waals surface area contributed by atoms with Gasteiger partial charge in [0, 0.05) is 25.0 Å². The van der Waals surface area contributed by atoms with E-state index in [2.05, 4.69) is 15.0 Å². The van der Waals surface area contributed by atoms with Crippen LogP contribution in [0.5, 0.6) is 0 Å². The van der Waals surface area contributed by atoms with Crippen molar-refractivity contribution in [2.45, 2.75) is 31.6 Å². The van der Waals surface area contributed by atoms with Crippen LogP contribution in [-0.2, 0) is 4.74 Å². The summed E-state index contributed by atoms with van der Waals surface area (Å²) in [6.07, 6.45) is -1.94. The highest BCUT2D eigenvalue weighted by Crippen LogP contribution is 2.34. The van der Waals surface area contributed by atoms with Crippen LogP contribution in [0.25, 0.3) is 11.0 Å². The molecular formula is C13H15ClN4O4. The number of ether oxygens (including phenoxy) is 1. The van der Waals surface area contributed by atoms with Crippen molar-refractivity contribution in [1.29, 1.82) is 0 Å². The lowest BCUT2D eigenvalue weighted by Crippen LogP contribution is -2.31. The van der Waals surface area contributed by atoms with Crippen molar-refractivity contribution in [3.05, 3.63) is 22.7 Å². The predicted molar refractivity (Wildman–Crippen MR) is 78.9 cm³/mol. The Bertz CT molecular complexity index is 747. The van der Waals surface area contributed by atoms with Crippen LogP contribution in [0.3, 0.4) is 0 Å². The molecule has 8 nitrogen and oxygen atoms in total. The van der Waals surface area contributed by atoms with Gasteiger partial charge in [-0.3, -0.25) is 4.99 Å². The maximum Gasteiger partial charge on any atom is 0.186 e. The third-order valence-corrected chi connectivity index (χ3v) is 3.80. The Morgan fingerprint density at radius 3 is 2.64 bits per heavy atom. The summed E-state index contributed by atoms with van der Waals surface area (Å²) >= 11 is 6.19. The second-order valence-corrected chi connectivity index (χ2v) is 5.40. The van der Waals surface area contributed by atoms with E-state index in [0.717, 1.165) is 0 Å². The average molecular weight is 327 g/mol. The monoisotopic (exact) mass is 326 g/mol. The van der Waals surface area contributed by atoms with Gasteiger partial charge in [-0.15, -0.1) is 0 Å². The molecular weight excluding hydrogens is 312 g/mol. The fourth-order valence-corrected chi connectivity index (χ4v) is 2.85. The van der Waals surface area contributed by atoms with Gasteiger partial charge in [-0.2, -0.15) is 0 Å². The SMILES string of the molecule is CN=Cc1cn([C@@H]2O[C@H](O)[C@@H](O)[C@H]2O)c2nc(C)nc(Cl)c12. The van der Waals surface area contributed by atoms with E-state index in [1.54, 1.807) is 26.4 Å². The maximum absolute atomic E-state index is 10.1. The molecule has 1 saturated heterocycles. The van der Waals surface area contributed by atoms with Gasteiger partial charge in [0.25, 0.3) is 0 Å². The quantitative estimate of drug-likeness (QED) is 0.529. The summed E-state index contributed by atoms with van der Waals surface area (Å²) in [5, 5.41) is 30.1. The Morgan fingerprint density at radius 1 is 1.32 bits per heavy atom. The molecule has 9 heteroatoms. The normalized spacial score (nSPS) is 29.0. The van der Waals surface area contributed by atoms with Crippen molar-refractivity contribution in [2.24, 2.45) is 4.99 Å². The zero-order valence-electron chi connectivity index (χ0n) is 11.9. The molecule has 2 aromatic rings. The first-order chi connectivity index (χ1) is 10.4. The van der Waals surface area contributed by atoms with Gasteiger partial charge >= 0.3 is 0 Å². The van der Waals surface area contributed by atoms with Gasteiger partial charge in [-0.1, -0.05) is 11.6 Å². The van der Waals surface area contributed by atoms with Gasteiger partial charge in [0.2, 0.25) is 0 Å². The third-order valence-electron chi connectivity index (χ3n) is 3.52. The topological polar surface area (TPSA) is 113 Å². The molecule has 1 aliphatic heterocycles. The number of aromatic nitrogens is 3. The van der Waals surface area contributed by atoms with E-state index in [4.69, 9.17) is 16.3 Å². The molecule has 0 aromatic carbocycles. The Morgan fingerprint density at radius 2 is 2.05 bits per heavy atom. The molecule has 0 saturated carbocycles. The highest BCUT2D eigenvalue weighted by atomic mass is 35.5. The highest BCUT2D eigenvalue weighted by molar-refractivity contribution is 6.35. The Labute approximate surface area is 130 Å². The summed E-state index contributed by atoms with van der Waals surface area (Å²) in [5.41, 5.74) is 1.08. The molecule has 4 atom stereocenters. The van der Waals surface area contributed by atoms with Crippen LogP contribution >= 0.6 is 11.6 Å². The van der Waals surface area contributed by atoms with Crippen LogP contribution in [0, 0.1) is 6.92 Å². The number of aryl methyl sites for hydroxylation is 1. The van der Waals surface area contributed by atoms with E-state index in [-0.39, 0.29) is 5.15 Å². The van der Waals surface area contributed by atoms with Gasteiger partial charge in [-0.05, 0) is 6.92 Å². The molecule has 3 N–H and O–H groups in total. The summed E-state index contributed by atoms with van der Waals surface area (Å²) in [6, 6.07) is 0. The lowest BCUT2D eigenvalue weighted by Gasteiger charge is -2.16. The summed E-state index contributed by atoms with van der Waals surface area (Å²) in [7, 11) is 1.61. The minimum atomic E-state index is -1.47. The van der Waals surface area contributed by atoms with Gasteiger partial charge in [0.15, 0.2) is 12.5 Å². The van der Waals surface area contributed by atoms with Crippen LogP contribution in [0.2, 0.25) is 5.15 Å². The number of aliphatic imine (C=N–C) groups is 1. The molecule has 0 amide bonds. The van der Waals surface area contributed by atoms with Crippen molar-refractivity contribution >= 4 is 28.8 Å². The lowest BCUT2D eigenvalue weighted by atomic mass is 10.2. The van der Waals surface area contributed by atoms with E-state index < -0.39 is 24.7 Å². The second kappa shape index (κ2) is 5.56. The molecule has 1 aliphatic rings. The number of nitrogens with zero attached hydrogens (tertiary/aromatic N) is 4. The first-order valence-corrected chi connectivity index (χ1v) is 6.98. The molecule has 1 fully saturated rings. The standard InChI is InChI=1S/C13H15ClN4O4/c1-5-16-10(14)7-6(3-15-2)4-18(11(7)17-5)12-8(19)9(20)13(21)22-12/h3-4,8-9,12-13,19-21H,1-2H3/t8-,9+,12-,13+/m1/s1. The Kier molecular flexibility index (Phi) is 3.87. The molecule has 2 aromatic heterocycles. The van der Waals surface area contributed by atoms with Crippen molar-refractivity contribution in [1.82, 2.24) is 14.5 Å². The zero-order valence-corrected chi connectivity index (χ0v) is 12.6. The first kappa shape index (κ1) is 15.3. The largest absolute Gasteiger partial charge is 0.385 e. The van der Waals surface area contributed by atoms with Crippen LogP contribution in [0.4, 0.5) is 0 Å². The van der Waals surface area contributed by atoms with E-state index in [1.165, 1.54) is 4.57 Å². The summed E-state index contributed by atoms with van der Waals surface area (Å²) in [5.74, 6) is 0.449. The minimum absolute atomic E-state index is 0.254. The zero-order chi connectivity index (χ0) is 16.0. The first-order valence-electron chi connectivity index (χ1n) is 6.60. The van der Waals surface area contributed by atoms with Crippen LogP contribution in [-0.4, -0.2) is 61.6 Å². The number of aliphatic hydroxyl groups is 3. The molecule has 118 valence electrons. The minimum Gasteiger partial charge on any atom is -0.385 e. The Balaban J connectivity index is 2.22. The summed E-state index contributed by atoms with van der Waals surface area (Å²) < 4.78 is 6.73. The fourth-order valence-electron chi connectivity index (χ4n) is 2.54. The molecule has 3 rings (SSSR count). The van der Waals surface area contributed by atoms with Gasteiger partial charge < -0.3 is 24.6 Å². The molecule has 0 aliphatic carbocycles. The molecule has 0 unspecified atom stereocenters. The number of aliphatic hydroxyl groups excluding tert-OH is 3. The van der Waals surface area contributed by atoms with E-state index in [0.29, 0.717) is 22.4 Å². The second-order valence-electron chi connectivity index (χ2n) is 5.04. The summed E-state index contributed by atoms with van der Waals surface area (Å²) in [6.45, 7) is 1.69. The van der Waals surface area contributed by atoms with Crippen molar-refractivity contribution in [2.75, 3.05) is 7.05 Å². The summed E-state index contributed by atoms with van der Waals surface area (Å²) in [4.78, 5) is 12.4. The van der Waals surface area contributed by atoms with Crippen molar-refractivity contribution < 1.29 is 20.1 Å². The number of rotatable bonds is 2. The number of hydrogen-bond acceptors (Lipinski definition) is 7. The molecule has 0 radical (unpaired) electrons. The van der Waals surface area contributed by atoms with Crippen LogP contribution in [0.15, 0.2) is 11.2 Å². The van der Waals surface area contributed by atoms with Crippen molar-refractivity contribution in [3.8, 4) is 0 Å². The molecule has 22 heavy (non-hydrogen) atoms.